The number of amides is 1. The number of fused-ring (bicyclic) bond motifs is 1. The number of pyridine rings is 1. The summed E-state index contributed by atoms with van der Waals surface area (Å²) < 4.78 is 11.2. The van der Waals surface area contributed by atoms with Crippen LogP contribution in [0.1, 0.15) is 39.5 Å². The Morgan fingerprint density at radius 1 is 1.09 bits per heavy atom. The van der Waals surface area contributed by atoms with Gasteiger partial charge in [0, 0.05) is 10.9 Å². The Kier molecular flexibility index (Phi) is 6.46. The lowest BCUT2D eigenvalue weighted by atomic mass is 10.0. The summed E-state index contributed by atoms with van der Waals surface area (Å²) in [6.45, 7) is 7.88. The molecule has 2 aromatic heterocycles. The Morgan fingerprint density at radius 2 is 1.83 bits per heavy atom. The number of ether oxygens (including phenoxy) is 2. The van der Waals surface area contributed by atoms with Crippen molar-refractivity contribution in [2.24, 2.45) is 0 Å². The van der Waals surface area contributed by atoms with E-state index in [-0.39, 0.29) is 23.7 Å². The van der Waals surface area contributed by atoms with E-state index in [0.717, 1.165) is 27.6 Å². The molecule has 2 aromatic carbocycles. The minimum Gasteiger partial charge on any atom is -0.434 e. The van der Waals surface area contributed by atoms with Crippen LogP contribution < -0.4 is 10.1 Å². The topological polar surface area (TPSA) is 119 Å². The first-order chi connectivity index (χ1) is 16.8. The van der Waals surface area contributed by atoms with Gasteiger partial charge in [0.05, 0.1) is 18.3 Å². The molecule has 0 radical (unpaired) electrons. The number of benzene rings is 2. The first-order valence-corrected chi connectivity index (χ1v) is 10.9. The Hall–Kier alpha value is -4.71. The lowest BCUT2D eigenvalue weighted by Crippen LogP contribution is -2.17. The van der Waals surface area contributed by atoms with Crippen LogP contribution in [0, 0.1) is 32.1 Å². The second kappa shape index (κ2) is 9.65. The molecule has 0 unspecified atom stereocenters. The van der Waals surface area contributed by atoms with Crippen molar-refractivity contribution in [3.63, 3.8) is 0 Å². The van der Waals surface area contributed by atoms with Crippen LogP contribution in [0.3, 0.4) is 0 Å². The molecule has 4 rings (SSSR count). The molecule has 0 fully saturated rings. The summed E-state index contributed by atoms with van der Waals surface area (Å²) in [7, 11) is 0. The third-order valence-electron chi connectivity index (χ3n) is 5.36. The zero-order chi connectivity index (χ0) is 25.1. The van der Waals surface area contributed by atoms with Crippen LogP contribution in [0.2, 0.25) is 0 Å². The van der Waals surface area contributed by atoms with Crippen LogP contribution in [0.5, 0.6) is 5.75 Å². The van der Waals surface area contributed by atoms with Gasteiger partial charge in [-0.05, 0) is 75.2 Å². The van der Waals surface area contributed by atoms with E-state index < -0.39 is 12.1 Å². The molecule has 9 nitrogen and oxygen atoms in total. The molecule has 0 spiro atoms. The third-order valence-corrected chi connectivity index (χ3v) is 5.36. The van der Waals surface area contributed by atoms with E-state index >= 15 is 0 Å². The Balaban J connectivity index is 1.65. The average Bonchev–Trinajstić information content (AvgIpc) is 3.22. The second-order valence-electron chi connectivity index (χ2n) is 7.97. The highest BCUT2D eigenvalue weighted by molar-refractivity contribution is 6.04. The smallest absolute Gasteiger partial charge is 0.434 e. The molecular weight excluding hydrogens is 446 g/mol. The molecule has 0 aliphatic carbocycles. The van der Waals surface area contributed by atoms with E-state index in [1.807, 2.05) is 26.8 Å². The van der Waals surface area contributed by atoms with Crippen molar-refractivity contribution < 1.29 is 19.1 Å². The summed E-state index contributed by atoms with van der Waals surface area (Å²) in [6.07, 6.45) is 0.561. The molecule has 176 valence electrons. The van der Waals surface area contributed by atoms with Crippen molar-refractivity contribution in [1.82, 2.24) is 14.8 Å². The van der Waals surface area contributed by atoms with E-state index in [9.17, 15) is 14.9 Å². The highest BCUT2D eigenvalue weighted by Gasteiger charge is 2.18. The van der Waals surface area contributed by atoms with Gasteiger partial charge in [0.15, 0.2) is 11.6 Å². The van der Waals surface area contributed by atoms with Crippen LogP contribution >= 0.6 is 0 Å². The molecule has 0 aliphatic heterocycles. The van der Waals surface area contributed by atoms with Crippen molar-refractivity contribution in [3.05, 3.63) is 76.5 Å². The van der Waals surface area contributed by atoms with Crippen LogP contribution in [-0.4, -0.2) is 33.4 Å². The fourth-order valence-corrected chi connectivity index (χ4v) is 3.76. The summed E-state index contributed by atoms with van der Waals surface area (Å²) in [5.41, 5.74) is 4.49. The Bertz CT molecular complexity index is 1480. The minimum atomic E-state index is -0.823. The number of nitriles is 1. The van der Waals surface area contributed by atoms with Gasteiger partial charge in [0.1, 0.15) is 17.4 Å². The quantitative estimate of drug-likeness (QED) is 0.322. The summed E-state index contributed by atoms with van der Waals surface area (Å²) in [5.74, 6) is 0.469. The number of anilines is 1. The van der Waals surface area contributed by atoms with Gasteiger partial charge in [0.25, 0.3) is 5.91 Å². The summed E-state index contributed by atoms with van der Waals surface area (Å²) in [6, 6.07) is 14.0. The van der Waals surface area contributed by atoms with Crippen LogP contribution in [-0.2, 0) is 4.74 Å². The van der Waals surface area contributed by atoms with Crippen molar-refractivity contribution >= 4 is 28.8 Å². The first-order valence-electron chi connectivity index (χ1n) is 10.9. The second-order valence-corrected chi connectivity index (χ2v) is 7.97. The van der Waals surface area contributed by atoms with Gasteiger partial charge in [-0.3, -0.25) is 4.79 Å². The summed E-state index contributed by atoms with van der Waals surface area (Å²) in [4.78, 5) is 29.2. The number of rotatable bonds is 5. The number of hydrogen-bond acceptors (Lipinski definition) is 7. The van der Waals surface area contributed by atoms with Crippen LogP contribution in [0.25, 0.3) is 16.7 Å². The first kappa shape index (κ1) is 23.4. The number of nitrogens with zero attached hydrogens (tertiary/aromatic N) is 4. The van der Waals surface area contributed by atoms with Gasteiger partial charge in [-0.15, -0.1) is 0 Å². The lowest BCUT2D eigenvalue weighted by Gasteiger charge is -2.13. The average molecular weight is 470 g/mol. The normalized spacial score (nSPS) is 10.6. The molecule has 1 amide bonds. The van der Waals surface area contributed by atoms with Crippen molar-refractivity contribution in [1.29, 1.82) is 5.26 Å². The monoisotopic (exact) mass is 469 g/mol. The van der Waals surface area contributed by atoms with Gasteiger partial charge >= 0.3 is 6.16 Å². The summed E-state index contributed by atoms with van der Waals surface area (Å²) >= 11 is 0. The molecular formula is C26H23N5O4. The number of carbonyl (C=O) groups is 2. The maximum atomic E-state index is 13.0. The van der Waals surface area contributed by atoms with E-state index in [4.69, 9.17) is 14.5 Å². The fraction of sp³-hybridized carbons (Fsp3) is 0.192. The molecule has 0 aliphatic rings. The lowest BCUT2D eigenvalue weighted by molar-refractivity contribution is 0.102. The van der Waals surface area contributed by atoms with Crippen molar-refractivity contribution in [2.75, 3.05) is 11.9 Å². The van der Waals surface area contributed by atoms with Crippen LogP contribution in [0.15, 0.2) is 48.7 Å². The predicted molar refractivity (Wildman–Crippen MR) is 130 cm³/mol. The molecule has 0 atom stereocenters. The maximum Gasteiger partial charge on any atom is 0.513 e. The van der Waals surface area contributed by atoms with Crippen molar-refractivity contribution in [2.45, 2.75) is 27.7 Å². The number of aryl methyl sites for hydroxylation is 3. The molecule has 4 aromatic rings. The largest absolute Gasteiger partial charge is 0.513 e. The standard InChI is InChI=1S/C26H23N5O4/c1-5-34-26(33)35-20-8-6-18(7-9-20)25(32)30-24-19(13-27)14-28-31(24)22-12-16(3)21-11-15(2)10-17(4)23(21)29-22/h6-12,14H,5H2,1-4H3,(H,30,32). The predicted octanol–water partition coefficient (Wildman–Crippen LogP) is 5.01. The van der Waals surface area contributed by atoms with E-state index in [0.29, 0.717) is 11.4 Å². The molecule has 0 saturated heterocycles. The van der Waals surface area contributed by atoms with Gasteiger partial charge in [-0.2, -0.15) is 15.0 Å². The highest BCUT2D eigenvalue weighted by Crippen LogP contribution is 2.27. The fourth-order valence-electron chi connectivity index (χ4n) is 3.76. The highest BCUT2D eigenvalue weighted by atomic mass is 16.7. The van der Waals surface area contributed by atoms with E-state index in [2.05, 4.69) is 28.6 Å². The molecule has 2 heterocycles. The molecule has 9 heteroatoms. The SMILES string of the molecule is CCOC(=O)Oc1ccc(C(=O)Nc2c(C#N)cnn2-c2cc(C)c3cc(C)cc(C)c3n2)cc1. The molecule has 35 heavy (non-hydrogen) atoms. The number of aromatic nitrogens is 3. The molecule has 1 N–H and O–H groups in total. The van der Waals surface area contributed by atoms with E-state index in [1.54, 1.807) is 6.92 Å². The van der Waals surface area contributed by atoms with E-state index in [1.165, 1.54) is 35.1 Å². The third kappa shape index (κ3) is 4.82. The maximum absolute atomic E-state index is 13.0. The number of nitrogens with one attached hydrogen (secondary N) is 1. The van der Waals surface area contributed by atoms with Crippen LogP contribution in [0.4, 0.5) is 10.6 Å². The molecule has 0 saturated carbocycles. The van der Waals surface area contributed by atoms with Crippen molar-refractivity contribution in [3.8, 4) is 17.6 Å². The van der Waals surface area contributed by atoms with Gasteiger partial charge in [-0.1, -0.05) is 11.6 Å². The zero-order valence-electron chi connectivity index (χ0n) is 19.7. The van der Waals surface area contributed by atoms with Gasteiger partial charge in [-0.25, -0.2) is 9.78 Å². The Morgan fingerprint density at radius 3 is 2.51 bits per heavy atom. The zero-order valence-corrected chi connectivity index (χ0v) is 19.7. The van der Waals surface area contributed by atoms with Gasteiger partial charge in [0.2, 0.25) is 0 Å². The molecule has 0 bridgehead atoms. The van der Waals surface area contributed by atoms with Gasteiger partial charge < -0.3 is 14.8 Å². The Labute approximate surface area is 201 Å². The summed E-state index contributed by atoms with van der Waals surface area (Å²) in [5, 5.41) is 17.7. The number of hydrogen-bond donors (Lipinski definition) is 1. The minimum absolute atomic E-state index is 0.193. The number of carbonyl (C=O) groups excluding carboxylic acids is 2.